The average molecular weight is 322 g/mol. The van der Waals surface area contributed by atoms with E-state index in [1.807, 2.05) is 24.3 Å². The van der Waals surface area contributed by atoms with Crippen molar-refractivity contribution in [3.63, 3.8) is 0 Å². The third-order valence-corrected chi connectivity index (χ3v) is 3.73. The number of hydrogen-bond donors (Lipinski definition) is 1. The quantitative estimate of drug-likeness (QED) is 0.695. The summed E-state index contributed by atoms with van der Waals surface area (Å²) in [5.41, 5.74) is 0. The Morgan fingerprint density at radius 3 is 2.61 bits per heavy atom. The summed E-state index contributed by atoms with van der Waals surface area (Å²) in [6.45, 7) is 5.59. The largest absolute Gasteiger partial charge is 0.497 e. The first-order valence-corrected chi connectivity index (χ1v) is 8.11. The molecule has 1 heterocycles. The van der Waals surface area contributed by atoms with Crippen LogP contribution in [0.2, 0.25) is 0 Å². The van der Waals surface area contributed by atoms with Crippen molar-refractivity contribution in [2.24, 2.45) is 0 Å². The summed E-state index contributed by atoms with van der Waals surface area (Å²) in [5.74, 6) is 1.67. The minimum atomic E-state index is 0.0802. The lowest BCUT2D eigenvalue weighted by atomic mass is 10.3. The molecule has 0 bridgehead atoms. The van der Waals surface area contributed by atoms with Crippen molar-refractivity contribution in [2.45, 2.75) is 12.8 Å². The van der Waals surface area contributed by atoms with E-state index in [-0.39, 0.29) is 5.91 Å². The van der Waals surface area contributed by atoms with E-state index in [0.29, 0.717) is 26.0 Å². The van der Waals surface area contributed by atoms with E-state index in [1.54, 1.807) is 7.11 Å². The van der Waals surface area contributed by atoms with Crippen molar-refractivity contribution >= 4 is 5.91 Å². The molecular formula is C17H26N2O4. The fraction of sp³-hybridized carbons (Fsp3) is 0.588. The molecule has 1 aliphatic heterocycles. The monoisotopic (exact) mass is 322 g/mol. The molecular weight excluding hydrogens is 296 g/mol. The van der Waals surface area contributed by atoms with E-state index in [9.17, 15) is 4.79 Å². The maximum Gasteiger partial charge on any atom is 0.220 e. The van der Waals surface area contributed by atoms with Crippen LogP contribution in [0.3, 0.4) is 0 Å². The number of nitrogens with zero attached hydrogens (tertiary/aromatic N) is 1. The molecule has 0 atom stereocenters. The van der Waals surface area contributed by atoms with Gasteiger partial charge in [0.2, 0.25) is 5.91 Å². The second kappa shape index (κ2) is 10.1. The van der Waals surface area contributed by atoms with Crippen LogP contribution in [-0.2, 0) is 9.53 Å². The van der Waals surface area contributed by atoms with Gasteiger partial charge in [-0.1, -0.05) is 0 Å². The summed E-state index contributed by atoms with van der Waals surface area (Å²) in [6, 6.07) is 7.43. The Bertz CT molecular complexity index is 458. The van der Waals surface area contributed by atoms with Gasteiger partial charge in [0, 0.05) is 32.6 Å². The van der Waals surface area contributed by atoms with Crippen LogP contribution in [0.1, 0.15) is 12.8 Å². The lowest BCUT2D eigenvalue weighted by molar-refractivity contribution is -0.121. The lowest BCUT2D eigenvalue weighted by Crippen LogP contribution is -2.41. The highest BCUT2D eigenvalue weighted by atomic mass is 16.5. The standard InChI is InChI=1S/C17H26N2O4/c1-21-15-4-6-16(7-5-15)23-12-2-3-17(20)18-8-9-19-10-13-22-14-11-19/h4-7H,2-3,8-14H2,1H3,(H,18,20). The molecule has 0 unspecified atom stereocenters. The molecule has 1 aliphatic rings. The normalized spacial score (nSPS) is 15.2. The average Bonchev–Trinajstić information content (AvgIpc) is 2.60. The number of carbonyl (C=O) groups excluding carboxylic acids is 1. The first-order chi connectivity index (χ1) is 11.3. The van der Waals surface area contributed by atoms with E-state index in [1.165, 1.54) is 0 Å². The summed E-state index contributed by atoms with van der Waals surface area (Å²) in [7, 11) is 1.63. The molecule has 1 N–H and O–H groups in total. The van der Waals surface area contributed by atoms with E-state index >= 15 is 0 Å². The third-order valence-electron chi connectivity index (χ3n) is 3.73. The Balaban J connectivity index is 1.50. The van der Waals surface area contributed by atoms with Crippen molar-refractivity contribution in [2.75, 3.05) is 53.1 Å². The zero-order chi connectivity index (χ0) is 16.3. The van der Waals surface area contributed by atoms with Gasteiger partial charge in [0.1, 0.15) is 11.5 Å². The number of benzene rings is 1. The molecule has 1 amide bonds. The fourth-order valence-electron chi connectivity index (χ4n) is 2.36. The number of rotatable bonds is 9. The molecule has 1 fully saturated rings. The van der Waals surface area contributed by atoms with Gasteiger partial charge in [0.15, 0.2) is 0 Å². The van der Waals surface area contributed by atoms with Crippen LogP contribution < -0.4 is 14.8 Å². The van der Waals surface area contributed by atoms with Crippen molar-refractivity contribution in [3.8, 4) is 11.5 Å². The van der Waals surface area contributed by atoms with Gasteiger partial charge >= 0.3 is 0 Å². The number of hydrogen-bond acceptors (Lipinski definition) is 5. The van der Waals surface area contributed by atoms with Gasteiger partial charge in [0.25, 0.3) is 0 Å². The molecule has 0 aromatic heterocycles. The van der Waals surface area contributed by atoms with Crippen LogP contribution in [0, 0.1) is 0 Å². The second-order valence-corrected chi connectivity index (χ2v) is 5.43. The minimum Gasteiger partial charge on any atom is -0.497 e. The first-order valence-electron chi connectivity index (χ1n) is 8.11. The van der Waals surface area contributed by atoms with Crippen LogP contribution in [0.4, 0.5) is 0 Å². The molecule has 23 heavy (non-hydrogen) atoms. The van der Waals surface area contributed by atoms with Crippen LogP contribution in [-0.4, -0.2) is 63.9 Å². The fourth-order valence-corrected chi connectivity index (χ4v) is 2.36. The van der Waals surface area contributed by atoms with Crippen LogP contribution >= 0.6 is 0 Å². The van der Waals surface area contributed by atoms with E-state index in [0.717, 1.165) is 44.3 Å². The summed E-state index contributed by atoms with van der Waals surface area (Å²) < 4.78 is 16.0. The van der Waals surface area contributed by atoms with Gasteiger partial charge in [0.05, 0.1) is 26.9 Å². The van der Waals surface area contributed by atoms with Crippen molar-refractivity contribution < 1.29 is 19.0 Å². The third kappa shape index (κ3) is 6.88. The van der Waals surface area contributed by atoms with Gasteiger partial charge in [-0.15, -0.1) is 0 Å². The summed E-state index contributed by atoms with van der Waals surface area (Å²) in [4.78, 5) is 14.1. The van der Waals surface area contributed by atoms with Crippen molar-refractivity contribution in [1.29, 1.82) is 0 Å². The Hall–Kier alpha value is -1.79. The summed E-state index contributed by atoms with van der Waals surface area (Å²) in [6.07, 6.45) is 1.19. The molecule has 2 rings (SSSR count). The Labute approximate surface area is 137 Å². The summed E-state index contributed by atoms with van der Waals surface area (Å²) in [5, 5.41) is 2.95. The molecule has 6 heteroatoms. The number of ether oxygens (including phenoxy) is 3. The molecule has 128 valence electrons. The number of amides is 1. The van der Waals surface area contributed by atoms with E-state index < -0.39 is 0 Å². The predicted octanol–water partition coefficient (Wildman–Crippen LogP) is 1.30. The van der Waals surface area contributed by atoms with Crippen molar-refractivity contribution in [1.82, 2.24) is 10.2 Å². The zero-order valence-electron chi connectivity index (χ0n) is 13.8. The molecule has 0 spiro atoms. The second-order valence-electron chi connectivity index (χ2n) is 5.43. The summed E-state index contributed by atoms with van der Waals surface area (Å²) >= 11 is 0. The topological polar surface area (TPSA) is 60.0 Å². The molecule has 0 aliphatic carbocycles. The van der Waals surface area contributed by atoms with E-state index in [2.05, 4.69) is 10.2 Å². The molecule has 6 nitrogen and oxygen atoms in total. The van der Waals surface area contributed by atoms with E-state index in [4.69, 9.17) is 14.2 Å². The van der Waals surface area contributed by atoms with Gasteiger partial charge in [-0.25, -0.2) is 0 Å². The highest BCUT2D eigenvalue weighted by Gasteiger charge is 2.10. The van der Waals surface area contributed by atoms with Crippen LogP contribution in [0.15, 0.2) is 24.3 Å². The SMILES string of the molecule is COc1ccc(OCCCC(=O)NCCN2CCOCC2)cc1. The van der Waals surface area contributed by atoms with Crippen molar-refractivity contribution in [3.05, 3.63) is 24.3 Å². The Kier molecular flexibility index (Phi) is 7.69. The molecule has 0 radical (unpaired) electrons. The van der Waals surface area contributed by atoms with Gasteiger partial charge in [-0.2, -0.15) is 0 Å². The van der Waals surface area contributed by atoms with Gasteiger partial charge < -0.3 is 19.5 Å². The molecule has 1 aromatic rings. The Morgan fingerprint density at radius 2 is 1.91 bits per heavy atom. The van der Waals surface area contributed by atoms with Crippen LogP contribution in [0.25, 0.3) is 0 Å². The molecule has 1 saturated heterocycles. The van der Waals surface area contributed by atoms with Gasteiger partial charge in [-0.05, 0) is 30.7 Å². The minimum absolute atomic E-state index is 0.0802. The number of morpholine rings is 1. The van der Waals surface area contributed by atoms with Crippen LogP contribution in [0.5, 0.6) is 11.5 Å². The molecule has 0 saturated carbocycles. The lowest BCUT2D eigenvalue weighted by Gasteiger charge is -2.26. The zero-order valence-corrected chi connectivity index (χ0v) is 13.8. The smallest absolute Gasteiger partial charge is 0.220 e. The predicted molar refractivity (Wildman–Crippen MR) is 88.0 cm³/mol. The molecule has 1 aromatic carbocycles. The number of carbonyl (C=O) groups is 1. The maximum absolute atomic E-state index is 11.8. The number of methoxy groups -OCH3 is 1. The maximum atomic E-state index is 11.8. The first kappa shape index (κ1) is 17.6. The highest BCUT2D eigenvalue weighted by molar-refractivity contribution is 5.75. The Morgan fingerprint density at radius 1 is 1.22 bits per heavy atom. The highest BCUT2D eigenvalue weighted by Crippen LogP contribution is 2.17. The van der Waals surface area contributed by atoms with Gasteiger partial charge in [-0.3, -0.25) is 9.69 Å². The number of nitrogens with one attached hydrogen (secondary N) is 1.